The number of methoxy groups -OCH3 is 1. The lowest BCUT2D eigenvalue weighted by Crippen LogP contribution is -2.00. The van der Waals surface area contributed by atoms with Gasteiger partial charge in [-0.05, 0) is 46.1 Å². The van der Waals surface area contributed by atoms with Crippen molar-refractivity contribution < 1.29 is 14.3 Å². The Kier molecular flexibility index (Phi) is 4.49. The number of hydrogen-bond donors (Lipinski definition) is 0. The normalized spacial score (nSPS) is 10.5. The van der Waals surface area contributed by atoms with Gasteiger partial charge in [-0.1, -0.05) is 42.5 Å². The fourth-order valence-corrected chi connectivity index (χ4v) is 2.60. The van der Waals surface area contributed by atoms with E-state index in [2.05, 4.69) is 18.2 Å². The van der Waals surface area contributed by atoms with Crippen LogP contribution in [-0.4, -0.2) is 12.4 Å². The second kappa shape index (κ2) is 6.71. The lowest BCUT2D eigenvalue weighted by molar-refractivity contribution is 0.108. The molecular formula is C19H15ClO3. The zero-order valence-electron chi connectivity index (χ0n) is 12.6. The fraction of sp³-hybridized carbons (Fsp3) is 0.105. The Morgan fingerprint density at radius 3 is 2.57 bits per heavy atom. The molecule has 0 aliphatic carbocycles. The minimum Gasteiger partial charge on any atom is -0.493 e. The highest BCUT2D eigenvalue weighted by molar-refractivity contribution is 6.67. The molecule has 3 aromatic carbocycles. The Morgan fingerprint density at radius 2 is 1.78 bits per heavy atom. The number of ether oxygens (including phenoxy) is 2. The van der Waals surface area contributed by atoms with Gasteiger partial charge in [-0.25, -0.2) is 0 Å². The quantitative estimate of drug-likeness (QED) is 0.631. The molecule has 0 saturated carbocycles. The Labute approximate surface area is 139 Å². The summed E-state index contributed by atoms with van der Waals surface area (Å²) in [6.45, 7) is 0.409. The Hall–Kier alpha value is -2.52. The molecule has 0 bridgehead atoms. The molecule has 0 radical (unpaired) electrons. The zero-order chi connectivity index (χ0) is 16.2. The van der Waals surface area contributed by atoms with E-state index in [-0.39, 0.29) is 0 Å². The summed E-state index contributed by atoms with van der Waals surface area (Å²) in [5.74, 6) is 1.05. The number of benzene rings is 3. The Balaban J connectivity index is 1.86. The van der Waals surface area contributed by atoms with Gasteiger partial charge in [0, 0.05) is 5.56 Å². The molecule has 3 rings (SSSR count). The van der Waals surface area contributed by atoms with E-state index in [9.17, 15) is 4.79 Å². The molecule has 0 aromatic heterocycles. The van der Waals surface area contributed by atoms with Gasteiger partial charge in [-0.3, -0.25) is 4.79 Å². The third-order valence-corrected chi connectivity index (χ3v) is 3.87. The predicted octanol–water partition coefficient (Wildman–Crippen LogP) is 4.81. The highest BCUT2D eigenvalue weighted by Gasteiger charge is 2.10. The highest BCUT2D eigenvalue weighted by atomic mass is 35.5. The first-order valence-corrected chi connectivity index (χ1v) is 7.54. The first kappa shape index (κ1) is 15.4. The maximum absolute atomic E-state index is 11.2. The molecule has 3 aromatic rings. The van der Waals surface area contributed by atoms with Crippen molar-refractivity contribution in [2.45, 2.75) is 6.61 Å². The molecule has 0 unspecified atom stereocenters. The minimum absolute atomic E-state index is 0.376. The molecule has 0 aliphatic rings. The summed E-state index contributed by atoms with van der Waals surface area (Å²) in [6, 6.07) is 19.2. The molecule has 23 heavy (non-hydrogen) atoms. The summed E-state index contributed by atoms with van der Waals surface area (Å²) in [7, 11) is 1.53. The van der Waals surface area contributed by atoms with E-state index >= 15 is 0 Å². The number of carbonyl (C=O) groups is 1. The van der Waals surface area contributed by atoms with Crippen molar-refractivity contribution in [3.8, 4) is 11.5 Å². The molecule has 0 heterocycles. The number of rotatable bonds is 5. The van der Waals surface area contributed by atoms with Crippen molar-refractivity contribution in [3.63, 3.8) is 0 Å². The molecule has 0 amide bonds. The molecule has 4 heteroatoms. The first-order chi connectivity index (χ1) is 11.2. The molecule has 0 atom stereocenters. The summed E-state index contributed by atoms with van der Waals surface area (Å²) in [5.41, 5.74) is 1.46. The fourth-order valence-electron chi connectivity index (χ4n) is 2.48. The SMILES string of the molecule is COc1cc(C(=O)Cl)ccc1OCc1cccc2ccccc12. The molecular weight excluding hydrogens is 312 g/mol. The minimum atomic E-state index is -0.524. The maximum Gasteiger partial charge on any atom is 0.252 e. The van der Waals surface area contributed by atoms with Gasteiger partial charge in [-0.2, -0.15) is 0 Å². The van der Waals surface area contributed by atoms with Crippen LogP contribution in [0.2, 0.25) is 0 Å². The van der Waals surface area contributed by atoms with Crippen LogP contribution >= 0.6 is 11.6 Å². The molecule has 0 fully saturated rings. The Morgan fingerprint density at radius 1 is 1.00 bits per heavy atom. The van der Waals surface area contributed by atoms with E-state index in [4.69, 9.17) is 21.1 Å². The summed E-state index contributed by atoms with van der Waals surface area (Å²) in [6.07, 6.45) is 0. The molecule has 0 saturated heterocycles. The van der Waals surface area contributed by atoms with Crippen LogP contribution in [0.1, 0.15) is 15.9 Å². The van der Waals surface area contributed by atoms with Crippen molar-refractivity contribution in [1.29, 1.82) is 0 Å². The lowest BCUT2D eigenvalue weighted by atomic mass is 10.1. The lowest BCUT2D eigenvalue weighted by Gasteiger charge is -2.12. The number of hydrogen-bond acceptors (Lipinski definition) is 3. The zero-order valence-corrected chi connectivity index (χ0v) is 13.3. The number of halogens is 1. The number of fused-ring (bicyclic) bond motifs is 1. The first-order valence-electron chi connectivity index (χ1n) is 7.16. The van der Waals surface area contributed by atoms with E-state index in [0.717, 1.165) is 10.9 Å². The van der Waals surface area contributed by atoms with Gasteiger partial charge in [0.05, 0.1) is 7.11 Å². The van der Waals surface area contributed by atoms with E-state index in [1.807, 2.05) is 24.3 Å². The van der Waals surface area contributed by atoms with Gasteiger partial charge < -0.3 is 9.47 Å². The second-order valence-electron chi connectivity index (χ2n) is 5.07. The van der Waals surface area contributed by atoms with Crippen LogP contribution < -0.4 is 9.47 Å². The summed E-state index contributed by atoms with van der Waals surface area (Å²) >= 11 is 5.49. The number of carbonyl (C=O) groups excluding carboxylic acids is 1. The van der Waals surface area contributed by atoms with E-state index < -0.39 is 5.24 Å². The van der Waals surface area contributed by atoms with Crippen molar-refractivity contribution in [1.82, 2.24) is 0 Å². The standard InChI is InChI=1S/C19H15ClO3/c1-22-18-11-14(19(20)21)9-10-17(18)23-12-15-7-4-6-13-5-2-3-8-16(13)15/h2-11H,12H2,1H3. The van der Waals surface area contributed by atoms with Crippen LogP contribution in [0, 0.1) is 0 Å². The van der Waals surface area contributed by atoms with Crippen molar-refractivity contribution in [2.75, 3.05) is 7.11 Å². The average molecular weight is 327 g/mol. The van der Waals surface area contributed by atoms with Gasteiger partial charge in [0.1, 0.15) is 6.61 Å². The van der Waals surface area contributed by atoms with Gasteiger partial charge in [-0.15, -0.1) is 0 Å². The molecule has 3 nitrogen and oxygen atoms in total. The average Bonchev–Trinajstić information content (AvgIpc) is 2.59. The van der Waals surface area contributed by atoms with Crippen LogP contribution in [0.3, 0.4) is 0 Å². The summed E-state index contributed by atoms with van der Waals surface area (Å²) in [5, 5.41) is 1.80. The largest absolute Gasteiger partial charge is 0.493 e. The summed E-state index contributed by atoms with van der Waals surface area (Å²) in [4.78, 5) is 11.2. The highest BCUT2D eigenvalue weighted by Crippen LogP contribution is 2.30. The predicted molar refractivity (Wildman–Crippen MR) is 91.5 cm³/mol. The van der Waals surface area contributed by atoms with Crippen molar-refractivity contribution in [2.24, 2.45) is 0 Å². The second-order valence-corrected chi connectivity index (χ2v) is 5.41. The van der Waals surface area contributed by atoms with Crippen LogP contribution in [-0.2, 0) is 6.61 Å². The molecule has 0 N–H and O–H groups in total. The molecule has 0 aliphatic heterocycles. The van der Waals surface area contributed by atoms with Gasteiger partial charge >= 0.3 is 0 Å². The Bertz CT molecular complexity index is 853. The molecule has 116 valence electrons. The van der Waals surface area contributed by atoms with E-state index in [0.29, 0.717) is 23.7 Å². The topological polar surface area (TPSA) is 35.5 Å². The van der Waals surface area contributed by atoms with Crippen LogP contribution in [0.5, 0.6) is 11.5 Å². The van der Waals surface area contributed by atoms with Gasteiger partial charge in [0.15, 0.2) is 11.5 Å². The van der Waals surface area contributed by atoms with E-state index in [1.54, 1.807) is 18.2 Å². The maximum atomic E-state index is 11.2. The van der Waals surface area contributed by atoms with Crippen molar-refractivity contribution >= 4 is 27.6 Å². The third-order valence-electron chi connectivity index (χ3n) is 3.65. The van der Waals surface area contributed by atoms with Crippen LogP contribution in [0.25, 0.3) is 10.8 Å². The monoisotopic (exact) mass is 326 g/mol. The third kappa shape index (κ3) is 3.30. The summed E-state index contributed by atoms with van der Waals surface area (Å²) < 4.78 is 11.2. The van der Waals surface area contributed by atoms with Gasteiger partial charge in [0.2, 0.25) is 0 Å². The smallest absolute Gasteiger partial charge is 0.252 e. The van der Waals surface area contributed by atoms with Crippen LogP contribution in [0.15, 0.2) is 60.7 Å². The van der Waals surface area contributed by atoms with Crippen molar-refractivity contribution in [3.05, 3.63) is 71.8 Å². The van der Waals surface area contributed by atoms with Gasteiger partial charge in [0.25, 0.3) is 5.24 Å². The van der Waals surface area contributed by atoms with Crippen LogP contribution in [0.4, 0.5) is 0 Å². The molecule has 0 spiro atoms. The van der Waals surface area contributed by atoms with E-state index in [1.165, 1.54) is 12.5 Å².